The third kappa shape index (κ3) is 22.6. The molecule has 25 heteroatoms. The fourth-order valence-corrected chi connectivity index (χ4v) is 14.8. The Bertz CT molecular complexity index is 5730. The zero-order valence-corrected chi connectivity index (χ0v) is 77.8. The molecule has 3 amide bonds. The van der Waals surface area contributed by atoms with E-state index < -0.39 is 0 Å². The first-order valence-corrected chi connectivity index (χ1v) is 42.0. The Balaban J connectivity index is 0.000000192. The van der Waals surface area contributed by atoms with Gasteiger partial charge in [-0.1, -0.05) is 152 Å². The molecule has 0 fully saturated rings. The van der Waals surface area contributed by atoms with Gasteiger partial charge in [0.1, 0.15) is 34.3 Å². The minimum atomic E-state index is -0.193. The van der Waals surface area contributed by atoms with Crippen LogP contribution in [0.3, 0.4) is 0 Å². The summed E-state index contributed by atoms with van der Waals surface area (Å²) in [6.45, 7) is 51.0. The number of amides is 3. The van der Waals surface area contributed by atoms with Crippen molar-refractivity contribution in [3.8, 4) is 68.1 Å². The molecule has 648 valence electrons. The molecular weight excluding hydrogens is 1530 g/mol. The van der Waals surface area contributed by atoms with Crippen LogP contribution >= 0.6 is 0 Å². The van der Waals surface area contributed by atoms with Crippen LogP contribution in [0, 0.1) is 58.3 Å². The monoisotopic (exact) mass is 1660 g/mol. The van der Waals surface area contributed by atoms with E-state index in [1.807, 2.05) is 180 Å². The molecule has 12 aromatic rings. The first kappa shape index (κ1) is 92.4. The minimum absolute atomic E-state index is 0.153. The lowest BCUT2D eigenvalue weighted by atomic mass is 9.82. The van der Waals surface area contributed by atoms with Crippen LogP contribution in [-0.4, -0.2) is 132 Å². The number of methoxy groups -OCH3 is 3. The van der Waals surface area contributed by atoms with Crippen molar-refractivity contribution in [2.75, 3.05) is 50.9 Å². The van der Waals surface area contributed by atoms with E-state index in [0.717, 1.165) is 191 Å². The lowest BCUT2D eigenvalue weighted by Crippen LogP contribution is -2.24. The minimum Gasteiger partial charge on any atom is -0.496 e. The first-order valence-electron chi connectivity index (χ1n) is 42.0. The van der Waals surface area contributed by atoms with Crippen molar-refractivity contribution in [2.24, 2.45) is 37.9 Å². The molecule has 0 unspecified atom stereocenters. The van der Waals surface area contributed by atoms with E-state index in [4.69, 9.17) is 14.2 Å². The zero-order valence-electron chi connectivity index (χ0n) is 77.8. The Hall–Kier alpha value is -11.9. The van der Waals surface area contributed by atoms with Gasteiger partial charge in [0.15, 0.2) is 0 Å². The second-order valence-electron chi connectivity index (χ2n) is 38.3. The molecule has 0 bridgehead atoms. The Kier molecular flexibility index (Phi) is 28.5. The van der Waals surface area contributed by atoms with Crippen LogP contribution in [0.15, 0.2) is 128 Å². The molecule has 0 spiro atoms. The van der Waals surface area contributed by atoms with E-state index >= 15 is 0 Å². The normalized spacial score (nSPS) is 12.0. The van der Waals surface area contributed by atoms with Gasteiger partial charge in [-0.2, -0.15) is 15.3 Å². The number of hydrogen-bond acceptors (Lipinski definition) is 16. The third-order valence-electron chi connectivity index (χ3n) is 22.1. The third-order valence-corrected chi connectivity index (χ3v) is 22.1. The Morgan fingerprint density at radius 3 is 1.00 bits per heavy atom. The molecule has 6 aromatic carbocycles. The molecule has 12 rings (SSSR count). The number of anilines is 3. The summed E-state index contributed by atoms with van der Waals surface area (Å²) in [6.07, 6.45) is 15.9. The molecule has 0 atom stereocenters. The smallest absolute Gasteiger partial charge is 0.255 e. The predicted molar refractivity (Wildman–Crippen MR) is 489 cm³/mol. The van der Waals surface area contributed by atoms with E-state index in [1.165, 1.54) is 0 Å². The molecule has 0 aliphatic carbocycles. The number of nitrogens with zero attached hydrogens (tertiary/aromatic N) is 16. The molecule has 6 heterocycles. The van der Waals surface area contributed by atoms with Crippen molar-refractivity contribution in [3.05, 3.63) is 212 Å². The molecule has 0 saturated carbocycles. The van der Waals surface area contributed by atoms with E-state index in [-0.39, 0.29) is 44.8 Å². The van der Waals surface area contributed by atoms with Gasteiger partial charge in [0, 0.05) is 124 Å². The number of carbonyl (C=O) groups excluding carboxylic acids is 3. The van der Waals surface area contributed by atoms with Crippen LogP contribution in [0.5, 0.6) is 17.2 Å². The average molecular weight is 1660 g/mol. The summed E-state index contributed by atoms with van der Waals surface area (Å²) < 4.78 is 28.3. The number of benzene rings is 6. The quantitative estimate of drug-likeness (QED) is 0.0508. The Morgan fingerprint density at radius 2 is 0.721 bits per heavy atom. The van der Waals surface area contributed by atoms with Gasteiger partial charge in [0.25, 0.3) is 17.7 Å². The predicted octanol–water partition coefficient (Wildman–Crippen LogP) is 20.0. The van der Waals surface area contributed by atoms with Crippen LogP contribution in [0.1, 0.15) is 235 Å². The fraction of sp³-hybridized carbons (Fsp3) is 0.443. The van der Waals surface area contributed by atoms with Crippen molar-refractivity contribution < 1.29 is 28.6 Å². The second kappa shape index (κ2) is 37.6. The van der Waals surface area contributed by atoms with Gasteiger partial charge in [0.2, 0.25) is 0 Å². The summed E-state index contributed by atoms with van der Waals surface area (Å²) in [5, 5.41) is 48.5. The van der Waals surface area contributed by atoms with Crippen molar-refractivity contribution in [2.45, 2.75) is 214 Å². The van der Waals surface area contributed by atoms with Gasteiger partial charge in [-0.3, -0.25) is 28.4 Å². The van der Waals surface area contributed by atoms with Gasteiger partial charge in [-0.05, 0) is 214 Å². The maximum atomic E-state index is 13.6. The highest BCUT2D eigenvalue weighted by Gasteiger charge is 2.30. The number of rotatable bonds is 24. The van der Waals surface area contributed by atoms with Gasteiger partial charge in [-0.25, -0.2) is 14.0 Å². The highest BCUT2D eigenvalue weighted by Crippen LogP contribution is 2.43. The van der Waals surface area contributed by atoms with Crippen LogP contribution in [-0.2, 0) is 56.8 Å². The van der Waals surface area contributed by atoms with Crippen LogP contribution in [0.4, 0.5) is 17.1 Å². The summed E-state index contributed by atoms with van der Waals surface area (Å²) >= 11 is 0. The van der Waals surface area contributed by atoms with Crippen molar-refractivity contribution in [3.63, 3.8) is 0 Å². The largest absolute Gasteiger partial charge is 0.496 e. The van der Waals surface area contributed by atoms with Gasteiger partial charge < -0.3 is 35.1 Å². The zero-order chi connectivity index (χ0) is 89.6. The van der Waals surface area contributed by atoms with E-state index in [9.17, 15) is 14.4 Å². The fourth-order valence-electron chi connectivity index (χ4n) is 14.8. The highest BCUT2D eigenvalue weighted by molar-refractivity contribution is 6.06. The number of ether oxygens (including phenoxy) is 3. The van der Waals surface area contributed by atoms with E-state index in [1.54, 1.807) is 54.0 Å². The SMILES string of the molecule is COc1c(CCC(C)(C)C)cc(NC(=O)c2ccc(C)c(-n3cc(-c4cnn(C)c4C)nn3)c2)cc1C(C)(C)C.COc1c(CCCC(C)(C)C)cc(NC(=O)c2ccc(C)c(-n3cc(-c4cnn(C)c4C)nn3)c2)cc1C(C)(C)C.COc1c(CN(C)CC(C)C)cc(NC(=O)c2ccc(C)c(-n3cc(-c4cnn(C)c4C)nn3)c2)cc1C(C)(C)C. The number of nitrogens with one attached hydrogen (secondary N) is 3. The summed E-state index contributed by atoms with van der Waals surface area (Å²) in [6, 6.07) is 29.1. The summed E-state index contributed by atoms with van der Waals surface area (Å²) in [4.78, 5) is 42.9. The maximum absolute atomic E-state index is 13.6. The Labute approximate surface area is 721 Å². The number of carbonyl (C=O) groups is 3. The van der Waals surface area contributed by atoms with Crippen molar-refractivity contribution in [1.29, 1.82) is 0 Å². The second-order valence-corrected chi connectivity index (χ2v) is 38.3. The van der Waals surface area contributed by atoms with Crippen LogP contribution < -0.4 is 30.2 Å². The summed E-state index contributed by atoms with van der Waals surface area (Å²) in [5.74, 6) is 2.67. The molecule has 0 aliphatic rings. The molecule has 3 N–H and O–H groups in total. The number of hydrogen-bond donors (Lipinski definition) is 3. The lowest BCUT2D eigenvalue weighted by molar-refractivity contribution is 0.101. The van der Waals surface area contributed by atoms with Gasteiger partial charge >= 0.3 is 0 Å². The number of aryl methyl sites for hydroxylation is 8. The number of aromatic nitrogens is 15. The molecule has 122 heavy (non-hydrogen) atoms. The molecule has 0 saturated heterocycles. The van der Waals surface area contributed by atoms with Crippen molar-refractivity contribution >= 4 is 34.8 Å². The molecule has 6 aromatic heterocycles. The molecule has 25 nitrogen and oxygen atoms in total. The van der Waals surface area contributed by atoms with Crippen LogP contribution in [0.2, 0.25) is 0 Å². The summed E-state index contributed by atoms with van der Waals surface area (Å²) in [7, 11) is 13.0. The first-order chi connectivity index (χ1) is 57.1. The lowest BCUT2D eigenvalue weighted by Gasteiger charge is -2.27. The van der Waals surface area contributed by atoms with Crippen LogP contribution in [0.25, 0.3) is 50.8 Å². The average Bonchev–Trinajstić information content (AvgIpc) is 1.00. The highest BCUT2D eigenvalue weighted by atomic mass is 16.5. The van der Waals surface area contributed by atoms with Gasteiger partial charge in [-0.15, -0.1) is 15.3 Å². The molecular formula is C97H129N19O6. The standard InChI is InChI=1S/C33H44N6O2.C32H43N7O2.C32H42N6O2/c1-21-13-14-24(17-29(21)39-20-28(36-37-39)26-19-34-38(9)22(26)2)31(40)35-25-16-23(12-11-15-32(3,4)5)30(41-10)27(18-25)33(6,7)8;1-20(2)17-37(8)18-24-13-25(15-27(30(24)41-10)32(5,6)7)34-31(40)23-12-11-21(3)29(14-23)39-19-28(35-36-39)26-16-33-38(9)22(26)4;1-20-11-12-23(16-28(20)38-19-27(35-36-38)25-18-33-37(9)21(25)2)30(39)34-24-15-22(13-14-31(3,4)5)29(40-10)26(17-24)32(6,7)8/h13-14,16-20H,11-12,15H2,1-10H3,(H,35,40);11-16,19-20H,17-18H2,1-10H3,(H,34,40);11-12,15-19H,13-14H2,1-10H3,(H,34,39). The molecule has 0 aliphatic heterocycles. The maximum Gasteiger partial charge on any atom is 0.255 e. The van der Waals surface area contributed by atoms with Crippen molar-refractivity contribution in [1.82, 2.24) is 79.2 Å². The summed E-state index contributed by atoms with van der Waals surface area (Å²) in [5.41, 5.74) is 23.6. The Morgan fingerprint density at radius 1 is 0.418 bits per heavy atom. The van der Waals surface area contributed by atoms with E-state index in [0.29, 0.717) is 29.2 Å². The van der Waals surface area contributed by atoms with Gasteiger partial charge in [0.05, 0.1) is 75.6 Å². The molecule has 0 radical (unpaired) electrons. The topological polar surface area (TPSA) is 264 Å². The van der Waals surface area contributed by atoms with E-state index in [2.05, 4.69) is 198 Å².